The van der Waals surface area contributed by atoms with Gasteiger partial charge in [-0.3, -0.25) is 23.2 Å². The normalized spacial score (nSPS) is 22.7. The summed E-state index contributed by atoms with van der Waals surface area (Å²) < 4.78 is 49.3. The summed E-state index contributed by atoms with van der Waals surface area (Å²) in [5.41, 5.74) is 0. The number of unbranched alkanes of at least 4 members (excludes halogenated alkanes) is 14. The van der Waals surface area contributed by atoms with Crippen molar-refractivity contribution in [3.05, 3.63) is 48.6 Å². The number of phosphoric acid groups is 2. The highest BCUT2D eigenvalue weighted by Crippen LogP contribution is 2.49. The second kappa shape index (κ2) is 37.7. The second-order valence-corrected chi connectivity index (χ2v) is 19.7. The topological polar surface area (TPSA) is 296 Å². The molecule has 0 spiro atoms. The van der Waals surface area contributed by atoms with Crippen LogP contribution in [0.2, 0.25) is 0 Å². The number of aliphatic hydroxyl groups excluding tert-OH is 6. The van der Waals surface area contributed by atoms with Crippen LogP contribution in [0.25, 0.3) is 0 Å². The van der Waals surface area contributed by atoms with Crippen LogP contribution in [0.4, 0.5) is 0 Å². The molecule has 390 valence electrons. The minimum absolute atomic E-state index is 0.0615. The number of rotatable bonds is 40. The molecule has 1 saturated carbocycles. The summed E-state index contributed by atoms with van der Waals surface area (Å²) in [6.07, 6.45) is 19.3. The molecule has 1 fully saturated rings. The maximum atomic E-state index is 13.0. The number of carbonyl (C=O) groups excluding carboxylic acids is 2. The standard InChI is InChI=1S/C47H84O18P2/c1-3-5-7-9-11-12-13-14-15-16-17-18-19-20-21-25-29-33-40(50)61-35-37(36-62-67(59,60)65-47-44(54)42(52)43(53)46(45(47)55)64-66(56,57)58)63-41(51)34-30-26-22-24-28-32-39(49)38(48)31-27-23-10-8-6-4-2/h11-12,14-15,17-18,23,27,37-39,42-49,52-55H,3-10,13,16,19-22,24-26,28-36H2,1-2H3,(H,59,60)(H2,56,57,58)/b12-11-,15-14-,18-17-,27-23-/t37-,38+,39+,42?,43?,44?,45?,46-,47+/m1/s1. The third-order valence-electron chi connectivity index (χ3n) is 11.1. The molecule has 0 aromatic carbocycles. The Morgan fingerprint density at radius 1 is 0.537 bits per heavy atom. The van der Waals surface area contributed by atoms with Gasteiger partial charge in [0.15, 0.2) is 6.10 Å². The third kappa shape index (κ3) is 31.7. The predicted octanol–water partition coefficient (Wildman–Crippen LogP) is 7.23. The summed E-state index contributed by atoms with van der Waals surface area (Å²) in [7, 11) is -10.7. The molecule has 1 aliphatic rings. The maximum absolute atomic E-state index is 13.0. The molecule has 0 heterocycles. The van der Waals surface area contributed by atoms with Crippen molar-refractivity contribution in [2.45, 2.75) is 223 Å². The Morgan fingerprint density at radius 2 is 1.01 bits per heavy atom. The zero-order valence-corrected chi connectivity index (χ0v) is 41.6. The van der Waals surface area contributed by atoms with E-state index in [9.17, 15) is 64.0 Å². The highest BCUT2D eigenvalue weighted by molar-refractivity contribution is 7.47. The van der Waals surface area contributed by atoms with E-state index in [0.717, 1.165) is 83.5 Å². The second-order valence-electron chi connectivity index (χ2n) is 17.1. The molecule has 0 amide bonds. The molecule has 5 unspecified atom stereocenters. The van der Waals surface area contributed by atoms with E-state index >= 15 is 0 Å². The van der Waals surface area contributed by atoms with E-state index in [1.807, 2.05) is 12.2 Å². The molecule has 0 saturated heterocycles. The van der Waals surface area contributed by atoms with Gasteiger partial charge in [-0.1, -0.05) is 127 Å². The van der Waals surface area contributed by atoms with Crippen molar-refractivity contribution in [2.24, 2.45) is 0 Å². The van der Waals surface area contributed by atoms with Crippen LogP contribution in [0, 0.1) is 0 Å². The lowest BCUT2D eigenvalue weighted by molar-refractivity contribution is -0.216. The molecular weight excluding hydrogens is 914 g/mol. The zero-order chi connectivity index (χ0) is 49.9. The third-order valence-corrected chi connectivity index (χ3v) is 12.6. The molecule has 0 aromatic heterocycles. The fourth-order valence-electron chi connectivity index (χ4n) is 7.11. The number of hydrogen-bond donors (Lipinski definition) is 9. The van der Waals surface area contributed by atoms with Gasteiger partial charge in [0.05, 0.1) is 18.8 Å². The van der Waals surface area contributed by atoms with Crippen LogP contribution < -0.4 is 0 Å². The van der Waals surface area contributed by atoms with Crippen LogP contribution in [-0.4, -0.2) is 125 Å². The minimum atomic E-state index is -5.39. The summed E-state index contributed by atoms with van der Waals surface area (Å²) in [6.45, 7) is 2.87. The Bertz CT molecular complexity index is 1520. The Balaban J connectivity index is 2.65. The number of ether oxygens (including phenoxy) is 2. The molecule has 67 heavy (non-hydrogen) atoms. The lowest BCUT2D eigenvalue weighted by atomic mass is 9.85. The monoisotopic (exact) mass is 999 g/mol. The van der Waals surface area contributed by atoms with Crippen molar-refractivity contribution in [1.82, 2.24) is 0 Å². The van der Waals surface area contributed by atoms with E-state index in [1.54, 1.807) is 0 Å². The summed E-state index contributed by atoms with van der Waals surface area (Å²) in [5, 5.41) is 61.8. The van der Waals surface area contributed by atoms with Gasteiger partial charge >= 0.3 is 27.6 Å². The lowest BCUT2D eigenvalue weighted by Gasteiger charge is -2.43. The van der Waals surface area contributed by atoms with Gasteiger partial charge in [0.2, 0.25) is 0 Å². The highest BCUT2D eigenvalue weighted by Gasteiger charge is 2.54. The molecule has 10 atom stereocenters. The minimum Gasteiger partial charge on any atom is -0.462 e. The van der Waals surface area contributed by atoms with Crippen LogP contribution in [-0.2, 0) is 41.8 Å². The SMILES string of the molecule is CCCCC/C=C\C/C=C\C/C=C\CCCCCCC(=O)OC[C@H](COP(=O)(O)O[C@H]1C(O)C(O)C(O)[C@@H](OP(=O)(O)O)C1O)OC(=O)CCCCCCC[C@H](O)[C@@H](O)C/C=C\CCCCC. The van der Waals surface area contributed by atoms with Crippen LogP contribution >= 0.6 is 15.6 Å². The first-order valence-corrected chi connectivity index (χ1v) is 27.4. The average Bonchev–Trinajstić information content (AvgIpc) is 3.28. The van der Waals surface area contributed by atoms with E-state index in [1.165, 1.54) is 19.3 Å². The van der Waals surface area contributed by atoms with Crippen LogP contribution in [0.3, 0.4) is 0 Å². The first-order chi connectivity index (χ1) is 31.9. The molecule has 0 aromatic rings. The fraction of sp³-hybridized carbons (Fsp3) is 0.787. The van der Waals surface area contributed by atoms with Crippen molar-refractivity contribution in [3.8, 4) is 0 Å². The molecular formula is C47H84O18P2. The van der Waals surface area contributed by atoms with Crippen LogP contribution in [0.1, 0.15) is 168 Å². The molecule has 9 N–H and O–H groups in total. The van der Waals surface area contributed by atoms with Gasteiger partial charge in [0, 0.05) is 12.8 Å². The number of allylic oxidation sites excluding steroid dienone is 7. The zero-order valence-electron chi connectivity index (χ0n) is 39.8. The van der Waals surface area contributed by atoms with E-state index < -0.39 is 95.7 Å². The fourth-order valence-corrected chi connectivity index (χ4v) is 8.65. The van der Waals surface area contributed by atoms with Crippen molar-refractivity contribution in [3.63, 3.8) is 0 Å². The number of esters is 2. The average molecular weight is 999 g/mol. The number of hydrogen-bond acceptors (Lipinski definition) is 15. The van der Waals surface area contributed by atoms with Gasteiger partial charge < -0.3 is 54.8 Å². The summed E-state index contributed by atoms with van der Waals surface area (Å²) in [4.78, 5) is 54.3. The quantitative estimate of drug-likeness (QED) is 0.0127. The van der Waals surface area contributed by atoms with Crippen molar-refractivity contribution >= 4 is 27.6 Å². The number of carbonyl (C=O) groups is 2. The molecule has 18 nitrogen and oxygen atoms in total. The van der Waals surface area contributed by atoms with E-state index in [0.29, 0.717) is 38.5 Å². The van der Waals surface area contributed by atoms with Crippen molar-refractivity contribution in [2.75, 3.05) is 13.2 Å². The Morgan fingerprint density at radius 3 is 1.58 bits per heavy atom. The summed E-state index contributed by atoms with van der Waals surface area (Å²) in [6, 6.07) is 0. The lowest BCUT2D eigenvalue weighted by Crippen LogP contribution is -2.64. The smallest absolute Gasteiger partial charge is 0.462 e. The molecule has 0 bridgehead atoms. The predicted molar refractivity (Wildman–Crippen MR) is 253 cm³/mol. The van der Waals surface area contributed by atoms with Gasteiger partial charge in [-0.15, -0.1) is 0 Å². The first kappa shape index (κ1) is 62.9. The number of phosphoric ester groups is 2. The molecule has 0 aliphatic heterocycles. The number of aliphatic hydroxyl groups is 6. The van der Waals surface area contributed by atoms with E-state index in [2.05, 4.69) is 54.8 Å². The van der Waals surface area contributed by atoms with Gasteiger partial charge in [-0.05, 0) is 77.0 Å². The van der Waals surface area contributed by atoms with Crippen LogP contribution in [0.5, 0.6) is 0 Å². The molecule has 0 radical (unpaired) electrons. The molecule has 1 rings (SSSR count). The van der Waals surface area contributed by atoms with Crippen LogP contribution in [0.15, 0.2) is 48.6 Å². The highest BCUT2D eigenvalue weighted by atomic mass is 31.2. The van der Waals surface area contributed by atoms with Gasteiger partial charge in [-0.25, -0.2) is 9.13 Å². The summed E-state index contributed by atoms with van der Waals surface area (Å²) in [5.74, 6) is -1.34. The van der Waals surface area contributed by atoms with E-state index in [-0.39, 0.29) is 12.8 Å². The van der Waals surface area contributed by atoms with Gasteiger partial charge in [0.25, 0.3) is 0 Å². The first-order valence-electron chi connectivity index (χ1n) is 24.3. The van der Waals surface area contributed by atoms with Gasteiger partial charge in [-0.2, -0.15) is 0 Å². The molecule has 1 aliphatic carbocycles. The summed E-state index contributed by atoms with van der Waals surface area (Å²) >= 11 is 0. The maximum Gasteiger partial charge on any atom is 0.472 e. The largest absolute Gasteiger partial charge is 0.472 e. The van der Waals surface area contributed by atoms with Gasteiger partial charge in [0.1, 0.15) is 43.2 Å². The molecule has 20 heteroatoms. The van der Waals surface area contributed by atoms with Crippen molar-refractivity contribution in [1.29, 1.82) is 0 Å². The Hall–Kier alpha value is -2.12. The Kier molecular flexibility index (Phi) is 35.4. The van der Waals surface area contributed by atoms with E-state index in [4.69, 9.17) is 18.5 Å². The van der Waals surface area contributed by atoms with Crippen molar-refractivity contribution < 1.29 is 87.1 Å². The Labute approximate surface area is 398 Å².